The van der Waals surface area contributed by atoms with Crippen LogP contribution in [-0.4, -0.2) is 35.8 Å². The Hall–Kier alpha value is -2.69. The van der Waals surface area contributed by atoms with E-state index in [0.717, 1.165) is 30.1 Å². The minimum Gasteiger partial charge on any atom is -0.491 e. The summed E-state index contributed by atoms with van der Waals surface area (Å²) in [6, 6.07) is 17.2. The van der Waals surface area contributed by atoms with Crippen LogP contribution >= 0.6 is 0 Å². The molecule has 5 heteroatoms. The first-order valence-corrected chi connectivity index (χ1v) is 9.36. The summed E-state index contributed by atoms with van der Waals surface area (Å²) in [5.41, 5.74) is -0.486. The molecule has 1 fully saturated rings. The van der Waals surface area contributed by atoms with Crippen LogP contribution in [0.4, 0.5) is 4.79 Å². The first-order valence-electron chi connectivity index (χ1n) is 9.36. The molecular weight excluding hydrogens is 342 g/mol. The van der Waals surface area contributed by atoms with Crippen molar-refractivity contribution in [1.29, 1.82) is 0 Å². The minimum absolute atomic E-state index is 0.0418. The highest BCUT2D eigenvalue weighted by molar-refractivity contribution is 5.69. The number of hydrogen-bond donors (Lipinski definition) is 0. The number of carbonyl (C=O) groups excluding carboxylic acids is 1. The number of para-hydroxylation sites is 1. The van der Waals surface area contributed by atoms with Crippen LogP contribution in [-0.2, 0) is 4.74 Å². The van der Waals surface area contributed by atoms with Crippen LogP contribution in [0.25, 0.3) is 0 Å². The summed E-state index contributed by atoms with van der Waals surface area (Å²) in [4.78, 5) is 14.1. The number of amides is 1. The second-order valence-corrected chi connectivity index (χ2v) is 7.67. The number of benzene rings is 2. The standard InChI is InChI=1S/C22H27NO4/c1-22(2,3)27-21(24)23-15-7-8-17(23)16-25-18-11-13-20(14-12-18)26-19-9-5-4-6-10-19/h4-6,9-14,17H,7-8,15-16H2,1-3H3. The van der Waals surface area contributed by atoms with Crippen molar-refractivity contribution in [3.05, 3.63) is 54.6 Å². The average Bonchev–Trinajstić information content (AvgIpc) is 3.09. The third-order valence-electron chi connectivity index (χ3n) is 4.25. The molecule has 3 rings (SSSR count). The van der Waals surface area contributed by atoms with Gasteiger partial charge in [-0.05, 0) is 70.0 Å². The lowest BCUT2D eigenvalue weighted by Gasteiger charge is -2.28. The third kappa shape index (κ3) is 5.64. The average molecular weight is 369 g/mol. The Labute approximate surface area is 160 Å². The van der Waals surface area contributed by atoms with Crippen LogP contribution in [0.1, 0.15) is 33.6 Å². The van der Waals surface area contributed by atoms with Crippen LogP contribution in [0.5, 0.6) is 17.2 Å². The minimum atomic E-state index is -0.486. The van der Waals surface area contributed by atoms with Gasteiger partial charge in [-0.1, -0.05) is 18.2 Å². The number of carbonyl (C=O) groups is 1. The van der Waals surface area contributed by atoms with Gasteiger partial charge in [-0.25, -0.2) is 4.79 Å². The molecule has 2 aromatic carbocycles. The topological polar surface area (TPSA) is 48.0 Å². The third-order valence-corrected chi connectivity index (χ3v) is 4.25. The van der Waals surface area contributed by atoms with E-state index in [-0.39, 0.29) is 12.1 Å². The number of rotatable bonds is 5. The van der Waals surface area contributed by atoms with Gasteiger partial charge in [0.25, 0.3) is 0 Å². The summed E-state index contributed by atoms with van der Waals surface area (Å²) < 4.78 is 17.2. The number of nitrogens with zero attached hydrogens (tertiary/aromatic N) is 1. The van der Waals surface area contributed by atoms with E-state index in [1.54, 1.807) is 4.90 Å². The van der Waals surface area contributed by atoms with Crippen LogP contribution in [0.15, 0.2) is 54.6 Å². The first kappa shape index (κ1) is 19.1. The number of ether oxygens (including phenoxy) is 3. The highest BCUT2D eigenvalue weighted by Crippen LogP contribution is 2.25. The zero-order valence-corrected chi connectivity index (χ0v) is 16.2. The smallest absolute Gasteiger partial charge is 0.410 e. The zero-order valence-electron chi connectivity index (χ0n) is 16.2. The molecule has 1 atom stereocenters. The van der Waals surface area contributed by atoms with Crippen molar-refractivity contribution in [3.63, 3.8) is 0 Å². The van der Waals surface area contributed by atoms with Crippen molar-refractivity contribution in [3.8, 4) is 17.2 Å². The molecule has 0 aromatic heterocycles. The van der Waals surface area contributed by atoms with Crippen molar-refractivity contribution < 1.29 is 19.0 Å². The number of likely N-dealkylation sites (tertiary alicyclic amines) is 1. The Morgan fingerprint density at radius 3 is 2.30 bits per heavy atom. The van der Waals surface area contributed by atoms with Gasteiger partial charge in [0.15, 0.2) is 0 Å². The van der Waals surface area contributed by atoms with Crippen LogP contribution in [0.3, 0.4) is 0 Å². The van der Waals surface area contributed by atoms with Gasteiger partial charge in [0.1, 0.15) is 29.5 Å². The molecule has 2 aromatic rings. The van der Waals surface area contributed by atoms with Gasteiger partial charge in [-0.3, -0.25) is 0 Å². The fourth-order valence-electron chi connectivity index (χ4n) is 2.99. The summed E-state index contributed by atoms with van der Waals surface area (Å²) in [5.74, 6) is 2.31. The molecule has 1 aliphatic heterocycles. The molecule has 0 spiro atoms. The van der Waals surface area contributed by atoms with E-state index in [1.165, 1.54) is 0 Å². The van der Waals surface area contributed by atoms with Crippen molar-refractivity contribution in [2.24, 2.45) is 0 Å². The zero-order chi connectivity index (χ0) is 19.3. The van der Waals surface area contributed by atoms with Crippen molar-refractivity contribution in [2.45, 2.75) is 45.3 Å². The summed E-state index contributed by atoms with van der Waals surface area (Å²) in [5, 5.41) is 0. The van der Waals surface area contributed by atoms with Crippen LogP contribution < -0.4 is 9.47 Å². The number of hydrogen-bond acceptors (Lipinski definition) is 4. The normalized spacial score (nSPS) is 16.9. The highest BCUT2D eigenvalue weighted by atomic mass is 16.6. The monoisotopic (exact) mass is 369 g/mol. The first-order chi connectivity index (χ1) is 12.9. The van der Waals surface area contributed by atoms with Crippen molar-refractivity contribution >= 4 is 6.09 Å². The summed E-state index contributed by atoms with van der Waals surface area (Å²) >= 11 is 0. The molecule has 27 heavy (non-hydrogen) atoms. The van der Waals surface area contributed by atoms with Gasteiger partial charge >= 0.3 is 6.09 Å². The molecule has 1 unspecified atom stereocenters. The van der Waals surface area contributed by atoms with E-state index in [4.69, 9.17) is 14.2 Å². The molecule has 5 nitrogen and oxygen atoms in total. The molecule has 1 amide bonds. The Morgan fingerprint density at radius 2 is 1.63 bits per heavy atom. The van der Waals surface area contributed by atoms with Gasteiger partial charge in [0.05, 0.1) is 6.04 Å². The van der Waals surface area contributed by atoms with E-state index < -0.39 is 5.60 Å². The molecule has 0 aliphatic carbocycles. The summed E-state index contributed by atoms with van der Waals surface area (Å²) in [6.45, 7) is 6.81. The fraction of sp³-hybridized carbons (Fsp3) is 0.409. The second kappa shape index (κ2) is 8.33. The maximum Gasteiger partial charge on any atom is 0.410 e. The molecule has 1 aliphatic rings. The highest BCUT2D eigenvalue weighted by Gasteiger charge is 2.32. The molecule has 1 heterocycles. The molecular formula is C22H27NO4. The molecule has 1 saturated heterocycles. The Balaban J connectivity index is 1.52. The van der Waals surface area contributed by atoms with Gasteiger partial charge in [-0.2, -0.15) is 0 Å². The van der Waals surface area contributed by atoms with Crippen molar-refractivity contribution in [1.82, 2.24) is 4.90 Å². The quantitative estimate of drug-likeness (QED) is 0.721. The lowest BCUT2D eigenvalue weighted by molar-refractivity contribution is 0.0187. The van der Waals surface area contributed by atoms with Crippen LogP contribution in [0, 0.1) is 0 Å². The molecule has 0 saturated carbocycles. The van der Waals surface area contributed by atoms with Gasteiger partial charge in [0, 0.05) is 6.54 Å². The van der Waals surface area contributed by atoms with E-state index in [2.05, 4.69) is 0 Å². The summed E-state index contributed by atoms with van der Waals surface area (Å²) in [6.07, 6.45) is 1.63. The second-order valence-electron chi connectivity index (χ2n) is 7.67. The lowest BCUT2D eigenvalue weighted by atomic mass is 10.2. The van der Waals surface area contributed by atoms with Gasteiger partial charge in [-0.15, -0.1) is 0 Å². The Kier molecular flexibility index (Phi) is 5.89. The van der Waals surface area contributed by atoms with E-state index >= 15 is 0 Å². The SMILES string of the molecule is CC(C)(C)OC(=O)N1CCCC1COc1ccc(Oc2ccccc2)cc1. The summed E-state index contributed by atoms with van der Waals surface area (Å²) in [7, 11) is 0. The van der Waals surface area contributed by atoms with Crippen molar-refractivity contribution in [2.75, 3.05) is 13.2 Å². The predicted octanol–water partition coefficient (Wildman–Crippen LogP) is 5.26. The Bertz CT molecular complexity index is 737. The maximum atomic E-state index is 12.3. The van der Waals surface area contributed by atoms with Gasteiger partial charge < -0.3 is 19.1 Å². The maximum absolute atomic E-state index is 12.3. The van der Waals surface area contributed by atoms with E-state index in [9.17, 15) is 4.79 Å². The Morgan fingerprint density at radius 1 is 1.00 bits per heavy atom. The lowest BCUT2D eigenvalue weighted by Crippen LogP contribution is -2.42. The van der Waals surface area contributed by atoms with Gasteiger partial charge in [0.2, 0.25) is 0 Å². The largest absolute Gasteiger partial charge is 0.491 e. The van der Waals surface area contributed by atoms with Crippen LogP contribution in [0.2, 0.25) is 0 Å². The molecule has 144 valence electrons. The molecule has 0 radical (unpaired) electrons. The molecule has 0 bridgehead atoms. The van der Waals surface area contributed by atoms with E-state index in [0.29, 0.717) is 13.2 Å². The van der Waals surface area contributed by atoms with E-state index in [1.807, 2.05) is 75.4 Å². The predicted molar refractivity (Wildman–Crippen MR) is 104 cm³/mol. The fourth-order valence-corrected chi connectivity index (χ4v) is 2.99. The molecule has 0 N–H and O–H groups in total.